The summed E-state index contributed by atoms with van der Waals surface area (Å²) in [5, 5.41) is 0. The van der Waals surface area contributed by atoms with Gasteiger partial charge in [0.25, 0.3) is 5.91 Å². The Kier molecular flexibility index (Phi) is 3.35. The van der Waals surface area contributed by atoms with Gasteiger partial charge in [-0.3, -0.25) is 4.79 Å². The van der Waals surface area contributed by atoms with E-state index in [0.717, 1.165) is 6.08 Å². The number of amides is 1. The van der Waals surface area contributed by atoms with Crippen molar-refractivity contribution >= 4 is 5.91 Å². The van der Waals surface area contributed by atoms with E-state index in [2.05, 4.69) is 12.3 Å². The van der Waals surface area contributed by atoms with Crippen molar-refractivity contribution in [3.8, 4) is 0 Å². The molecular weight excluding hydrogens is 121 g/mol. The van der Waals surface area contributed by atoms with Crippen molar-refractivity contribution in [1.29, 1.82) is 0 Å². The maximum Gasteiger partial charge on any atom is 0.277 e. The Balaban J connectivity index is 3.83. The molecule has 0 unspecified atom stereocenters. The SMILES string of the molecule is C=CC/C=C(\F)C(N)=O. The van der Waals surface area contributed by atoms with Gasteiger partial charge in [-0.2, -0.15) is 0 Å². The van der Waals surface area contributed by atoms with E-state index in [1.165, 1.54) is 6.08 Å². The molecule has 0 rings (SSSR count). The summed E-state index contributed by atoms with van der Waals surface area (Å²) in [5.74, 6) is -1.94. The fraction of sp³-hybridized carbons (Fsp3) is 0.167. The zero-order valence-corrected chi connectivity index (χ0v) is 4.93. The van der Waals surface area contributed by atoms with Crippen molar-refractivity contribution in [3.63, 3.8) is 0 Å². The number of hydrogen-bond donors (Lipinski definition) is 1. The van der Waals surface area contributed by atoms with Gasteiger partial charge in [0.1, 0.15) is 0 Å². The van der Waals surface area contributed by atoms with Gasteiger partial charge in [-0.25, -0.2) is 4.39 Å². The first-order valence-electron chi connectivity index (χ1n) is 2.45. The van der Waals surface area contributed by atoms with Gasteiger partial charge in [-0.1, -0.05) is 6.08 Å². The van der Waals surface area contributed by atoms with Crippen LogP contribution < -0.4 is 5.73 Å². The van der Waals surface area contributed by atoms with Crippen LogP contribution in [-0.2, 0) is 4.79 Å². The number of primary amides is 1. The molecule has 0 aliphatic carbocycles. The summed E-state index contributed by atoms with van der Waals surface area (Å²) in [7, 11) is 0. The van der Waals surface area contributed by atoms with E-state index in [1.807, 2.05) is 0 Å². The summed E-state index contributed by atoms with van der Waals surface area (Å²) in [6.45, 7) is 3.33. The molecule has 0 saturated carbocycles. The predicted molar refractivity (Wildman–Crippen MR) is 33.2 cm³/mol. The molecule has 0 aliphatic rings. The number of carbonyl (C=O) groups is 1. The molecule has 0 fully saturated rings. The van der Waals surface area contributed by atoms with E-state index in [-0.39, 0.29) is 0 Å². The third kappa shape index (κ3) is 3.46. The molecule has 0 aromatic carbocycles. The summed E-state index contributed by atoms with van der Waals surface area (Å²) in [6, 6.07) is 0. The van der Waals surface area contributed by atoms with Crippen molar-refractivity contribution in [2.45, 2.75) is 6.42 Å². The molecule has 3 heteroatoms. The van der Waals surface area contributed by atoms with Crippen LogP contribution in [0.5, 0.6) is 0 Å². The van der Waals surface area contributed by atoms with Gasteiger partial charge >= 0.3 is 0 Å². The maximum atomic E-state index is 12.1. The van der Waals surface area contributed by atoms with Crippen molar-refractivity contribution in [2.24, 2.45) is 5.73 Å². The minimum atomic E-state index is -1.03. The second-order valence-corrected chi connectivity index (χ2v) is 1.44. The van der Waals surface area contributed by atoms with Crippen LogP contribution in [0.1, 0.15) is 6.42 Å². The highest BCUT2D eigenvalue weighted by molar-refractivity contribution is 5.89. The molecule has 0 aromatic rings. The zero-order chi connectivity index (χ0) is 7.28. The number of hydrogen-bond acceptors (Lipinski definition) is 1. The smallest absolute Gasteiger partial charge is 0.277 e. The first-order valence-corrected chi connectivity index (χ1v) is 2.45. The first kappa shape index (κ1) is 7.88. The Hall–Kier alpha value is -1.12. The second kappa shape index (κ2) is 3.83. The van der Waals surface area contributed by atoms with Gasteiger partial charge in [0, 0.05) is 0 Å². The fourth-order valence-electron chi connectivity index (χ4n) is 0.287. The summed E-state index contributed by atoms with van der Waals surface area (Å²) >= 11 is 0. The average Bonchev–Trinajstić information content (AvgIpc) is 1.82. The van der Waals surface area contributed by atoms with Gasteiger partial charge in [-0.15, -0.1) is 6.58 Å². The molecule has 2 N–H and O–H groups in total. The summed E-state index contributed by atoms with van der Waals surface area (Å²) in [4.78, 5) is 9.95. The molecule has 50 valence electrons. The van der Waals surface area contributed by atoms with Gasteiger partial charge < -0.3 is 5.73 Å². The van der Waals surface area contributed by atoms with Crippen LogP contribution in [0.4, 0.5) is 4.39 Å². The van der Waals surface area contributed by atoms with Crippen LogP contribution in [0.2, 0.25) is 0 Å². The minimum absolute atomic E-state index is 0.328. The van der Waals surface area contributed by atoms with E-state index in [1.54, 1.807) is 0 Å². The molecule has 0 radical (unpaired) electrons. The number of allylic oxidation sites excluding steroid dienone is 2. The quantitative estimate of drug-likeness (QED) is 0.446. The lowest BCUT2D eigenvalue weighted by atomic mass is 10.3. The van der Waals surface area contributed by atoms with Crippen LogP contribution in [0.3, 0.4) is 0 Å². The normalized spacial score (nSPS) is 11.0. The van der Waals surface area contributed by atoms with Crippen LogP contribution in [0.25, 0.3) is 0 Å². The monoisotopic (exact) mass is 129 g/mol. The fourth-order valence-corrected chi connectivity index (χ4v) is 0.287. The second-order valence-electron chi connectivity index (χ2n) is 1.44. The van der Waals surface area contributed by atoms with Gasteiger partial charge in [0.05, 0.1) is 0 Å². The van der Waals surface area contributed by atoms with E-state index < -0.39 is 11.7 Å². The molecule has 0 saturated heterocycles. The molecule has 1 amide bonds. The van der Waals surface area contributed by atoms with Crippen molar-refractivity contribution in [3.05, 3.63) is 24.6 Å². The van der Waals surface area contributed by atoms with Crippen LogP contribution in [0.15, 0.2) is 24.6 Å². The zero-order valence-electron chi connectivity index (χ0n) is 4.93. The topological polar surface area (TPSA) is 43.1 Å². The Labute approximate surface area is 52.9 Å². The molecule has 0 aliphatic heterocycles. The molecule has 0 aromatic heterocycles. The maximum absolute atomic E-state index is 12.1. The van der Waals surface area contributed by atoms with Crippen LogP contribution >= 0.6 is 0 Å². The highest BCUT2D eigenvalue weighted by Gasteiger charge is 1.98. The standard InChI is InChI=1S/C6H8FNO/c1-2-3-4-5(7)6(8)9/h2,4H,1,3H2,(H2,8,9)/b5-4-. The van der Waals surface area contributed by atoms with Gasteiger partial charge in [-0.05, 0) is 12.5 Å². The van der Waals surface area contributed by atoms with E-state index in [0.29, 0.717) is 6.42 Å². The third-order valence-corrected chi connectivity index (χ3v) is 0.699. The number of carbonyl (C=O) groups excluding carboxylic acids is 1. The summed E-state index contributed by atoms with van der Waals surface area (Å²) in [6.07, 6.45) is 2.88. The van der Waals surface area contributed by atoms with E-state index in [9.17, 15) is 9.18 Å². The van der Waals surface area contributed by atoms with Gasteiger partial charge in [0.2, 0.25) is 0 Å². The molecule has 0 atom stereocenters. The Morgan fingerprint density at radius 3 is 2.67 bits per heavy atom. The van der Waals surface area contributed by atoms with Crippen molar-refractivity contribution in [1.82, 2.24) is 0 Å². The highest BCUT2D eigenvalue weighted by atomic mass is 19.1. The van der Waals surface area contributed by atoms with Crippen LogP contribution in [-0.4, -0.2) is 5.91 Å². The van der Waals surface area contributed by atoms with Gasteiger partial charge in [0.15, 0.2) is 5.83 Å². The molecule has 2 nitrogen and oxygen atoms in total. The Morgan fingerprint density at radius 1 is 1.78 bits per heavy atom. The minimum Gasteiger partial charge on any atom is -0.364 e. The van der Waals surface area contributed by atoms with Crippen molar-refractivity contribution < 1.29 is 9.18 Å². The summed E-state index contributed by atoms with van der Waals surface area (Å²) in [5.41, 5.74) is 4.56. The summed E-state index contributed by atoms with van der Waals surface area (Å²) < 4.78 is 12.1. The largest absolute Gasteiger partial charge is 0.364 e. The van der Waals surface area contributed by atoms with Crippen molar-refractivity contribution in [2.75, 3.05) is 0 Å². The molecule has 0 heterocycles. The molecular formula is C6H8FNO. The lowest BCUT2D eigenvalue weighted by molar-refractivity contribution is -0.115. The number of nitrogens with two attached hydrogens (primary N) is 1. The highest BCUT2D eigenvalue weighted by Crippen LogP contribution is 1.96. The van der Waals surface area contributed by atoms with E-state index in [4.69, 9.17) is 0 Å². The lowest BCUT2D eigenvalue weighted by Crippen LogP contribution is -2.10. The predicted octanol–water partition coefficient (Wildman–Crippen LogP) is 0.901. The molecule has 0 bridgehead atoms. The Bertz CT molecular complexity index is 151. The first-order chi connectivity index (χ1) is 4.18. The molecule has 9 heavy (non-hydrogen) atoms. The average molecular weight is 129 g/mol. The molecule has 0 spiro atoms. The Morgan fingerprint density at radius 2 is 2.33 bits per heavy atom. The van der Waals surface area contributed by atoms with Crippen LogP contribution in [0, 0.1) is 0 Å². The lowest BCUT2D eigenvalue weighted by Gasteiger charge is -1.84. The number of halogens is 1. The number of rotatable bonds is 3. The third-order valence-electron chi connectivity index (χ3n) is 0.699. The van der Waals surface area contributed by atoms with E-state index >= 15 is 0 Å².